The Morgan fingerprint density at radius 2 is 2.11 bits per heavy atom. The Morgan fingerprint density at radius 1 is 1.33 bits per heavy atom. The normalized spacial score (nSPS) is 13.4. The Morgan fingerprint density at radius 3 is 2.67 bits per heavy atom. The quantitative estimate of drug-likeness (QED) is 0.734. The van der Waals surface area contributed by atoms with Gasteiger partial charge in [0.15, 0.2) is 0 Å². The number of rotatable bonds is 9. The van der Waals surface area contributed by atoms with E-state index in [1.54, 1.807) is 6.26 Å². The molecule has 1 atom stereocenters. The highest BCUT2D eigenvalue weighted by molar-refractivity contribution is 4.97. The Labute approximate surface area is 111 Å². The van der Waals surface area contributed by atoms with E-state index in [0.29, 0.717) is 0 Å². The molecule has 1 aromatic heterocycles. The molecule has 104 valence electrons. The fourth-order valence-electron chi connectivity index (χ4n) is 2.40. The first kappa shape index (κ1) is 15.3. The van der Waals surface area contributed by atoms with E-state index in [1.807, 2.05) is 12.1 Å². The molecule has 1 aromatic rings. The molecule has 3 nitrogen and oxygen atoms in total. The molecule has 0 saturated heterocycles. The fourth-order valence-corrected chi connectivity index (χ4v) is 2.40. The molecule has 0 spiro atoms. The third-order valence-corrected chi connectivity index (χ3v) is 3.60. The van der Waals surface area contributed by atoms with Crippen molar-refractivity contribution in [3.63, 3.8) is 0 Å². The van der Waals surface area contributed by atoms with Crippen molar-refractivity contribution in [2.75, 3.05) is 20.1 Å². The second kappa shape index (κ2) is 8.33. The number of furan rings is 1. The van der Waals surface area contributed by atoms with Crippen LogP contribution < -0.4 is 5.73 Å². The molecule has 18 heavy (non-hydrogen) atoms. The topological polar surface area (TPSA) is 42.4 Å². The molecule has 1 unspecified atom stereocenters. The molecule has 0 aliphatic carbocycles. The van der Waals surface area contributed by atoms with Crippen LogP contribution >= 0.6 is 0 Å². The van der Waals surface area contributed by atoms with Gasteiger partial charge in [0, 0.05) is 0 Å². The number of hydrogen-bond donors (Lipinski definition) is 1. The van der Waals surface area contributed by atoms with Crippen molar-refractivity contribution < 1.29 is 4.42 Å². The van der Waals surface area contributed by atoms with Gasteiger partial charge in [0.2, 0.25) is 0 Å². The van der Waals surface area contributed by atoms with E-state index in [-0.39, 0.29) is 0 Å². The van der Waals surface area contributed by atoms with Gasteiger partial charge in [-0.25, -0.2) is 0 Å². The molecule has 3 heteroatoms. The van der Waals surface area contributed by atoms with Crippen molar-refractivity contribution in [3.8, 4) is 0 Å². The average Bonchev–Trinajstić information content (AvgIpc) is 2.80. The van der Waals surface area contributed by atoms with E-state index >= 15 is 0 Å². The minimum absolute atomic E-state index is 0.740. The SMILES string of the molecule is CC(C)C(CCN)CCCN(C)Cc1ccco1. The van der Waals surface area contributed by atoms with Crippen LogP contribution in [-0.2, 0) is 6.54 Å². The maximum atomic E-state index is 5.67. The van der Waals surface area contributed by atoms with Crippen LogP contribution in [-0.4, -0.2) is 25.0 Å². The molecule has 0 amide bonds. The summed E-state index contributed by atoms with van der Waals surface area (Å²) in [6.45, 7) is 7.43. The van der Waals surface area contributed by atoms with Gasteiger partial charge >= 0.3 is 0 Å². The molecule has 0 saturated carbocycles. The summed E-state index contributed by atoms with van der Waals surface area (Å²) in [7, 11) is 2.15. The van der Waals surface area contributed by atoms with Gasteiger partial charge in [-0.1, -0.05) is 13.8 Å². The van der Waals surface area contributed by atoms with E-state index in [2.05, 4.69) is 25.8 Å². The maximum Gasteiger partial charge on any atom is 0.117 e. The van der Waals surface area contributed by atoms with Crippen LogP contribution in [0.1, 0.15) is 38.9 Å². The molecule has 0 fully saturated rings. The van der Waals surface area contributed by atoms with Crippen LogP contribution in [0, 0.1) is 11.8 Å². The predicted molar refractivity (Wildman–Crippen MR) is 76.3 cm³/mol. The van der Waals surface area contributed by atoms with Crippen LogP contribution in [0.25, 0.3) is 0 Å². The van der Waals surface area contributed by atoms with E-state index in [4.69, 9.17) is 10.2 Å². The van der Waals surface area contributed by atoms with Gasteiger partial charge in [-0.05, 0) is 63.4 Å². The molecular weight excluding hydrogens is 224 g/mol. The van der Waals surface area contributed by atoms with Crippen molar-refractivity contribution >= 4 is 0 Å². The van der Waals surface area contributed by atoms with Crippen molar-refractivity contribution in [1.29, 1.82) is 0 Å². The molecule has 2 N–H and O–H groups in total. The molecule has 1 rings (SSSR count). The molecular formula is C15H28N2O. The highest BCUT2D eigenvalue weighted by atomic mass is 16.3. The van der Waals surface area contributed by atoms with Gasteiger partial charge in [-0.3, -0.25) is 4.90 Å². The summed E-state index contributed by atoms with van der Waals surface area (Å²) in [5, 5.41) is 0. The highest BCUT2D eigenvalue weighted by Gasteiger charge is 2.12. The summed E-state index contributed by atoms with van der Waals surface area (Å²) < 4.78 is 5.35. The fraction of sp³-hybridized carbons (Fsp3) is 0.733. The summed E-state index contributed by atoms with van der Waals surface area (Å²) in [6.07, 6.45) is 5.40. The first-order valence-corrected chi connectivity index (χ1v) is 7.04. The lowest BCUT2D eigenvalue weighted by Gasteiger charge is -2.22. The van der Waals surface area contributed by atoms with Crippen LogP contribution in [0.4, 0.5) is 0 Å². The van der Waals surface area contributed by atoms with Gasteiger partial charge in [-0.15, -0.1) is 0 Å². The molecule has 0 aliphatic rings. The molecule has 1 heterocycles. The van der Waals surface area contributed by atoms with E-state index < -0.39 is 0 Å². The zero-order valence-corrected chi connectivity index (χ0v) is 12.1. The summed E-state index contributed by atoms with van der Waals surface area (Å²) >= 11 is 0. The van der Waals surface area contributed by atoms with E-state index in [9.17, 15) is 0 Å². The molecule has 0 aliphatic heterocycles. The maximum absolute atomic E-state index is 5.67. The Kier molecular flexibility index (Phi) is 7.06. The monoisotopic (exact) mass is 252 g/mol. The zero-order valence-electron chi connectivity index (χ0n) is 12.1. The minimum Gasteiger partial charge on any atom is -0.468 e. The van der Waals surface area contributed by atoms with Crippen molar-refractivity contribution in [2.45, 2.75) is 39.7 Å². The third-order valence-electron chi connectivity index (χ3n) is 3.60. The predicted octanol–water partition coefficient (Wildman–Crippen LogP) is 3.11. The zero-order chi connectivity index (χ0) is 13.4. The van der Waals surface area contributed by atoms with E-state index in [0.717, 1.165) is 43.7 Å². The lowest BCUT2D eigenvalue weighted by molar-refractivity contribution is 0.263. The molecule has 0 aromatic carbocycles. The van der Waals surface area contributed by atoms with Gasteiger partial charge in [-0.2, -0.15) is 0 Å². The van der Waals surface area contributed by atoms with Gasteiger partial charge < -0.3 is 10.2 Å². The van der Waals surface area contributed by atoms with Crippen molar-refractivity contribution in [3.05, 3.63) is 24.2 Å². The second-order valence-electron chi connectivity index (χ2n) is 5.54. The summed E-state index contributed by atoms with van der Waals surface area (Å²) in [5.41, 5.74) is 5.67. The van der Waals surface area contributed by atoms with Crippen molar-refractivity contribution in [2.24, 2.45) is 17.6 Å². The summed E-state index contributed by atoms with van der Waals surface area (Å²) in [6, 6.07) is 3.97. The van der Waals surface area contributed by atoms with Gasteiger partial charge in [0.25, 0.3) is 0 Å². The lowest BCUT2D eigenvalue weighted by atomic mass is 9.88. The second-order valence-corrected chi connectivity index (χ2v) is 5.54. The number of hydrogen-bond acceptors (Lipinski definition) is 3. The highest BCUT2D eigenvalue weighted by Crippen LogP contribution is 2.20. The van der Waals surface area contributed by atoms with E-state index in [1.165, 1.54) is 12.8 Å². The number of nitrogens with two attached hydrogens (primary N) is 1. The average molecular weight is 252 g/mol. The van der Waals surface area contributed by atoms with Crippen molar-refractivity contribution in [1.82, 2.24) is 4.90 Å². The van der Waals surface area contributed by atoms with Crippen LogP contribution in [0.15, 0.2) is 22.8 Å². The van der Waals surface area contributed by atoms with Crippen LogP contribution in [0.3, 0.4) is 0 Å². The molecule has 0 bridgehead atoms. The standard InChI is InChI=1S/C15H28N2O/c1-13(2)14(8-9-16)6-4-10-17(3)12-15-7-5-11-18-15/h5,7,11,13-14H,4,6,8-10,12,16H2,1-3H3. The van der Waals surface area contributed by atoms with Gasteiger partial charge in [0.1, 0.15) is 5.76 Å². The summed E-state index contributed by atoms with van der Waals surface area (Å²) in [5.74, 6) is 2.55. The largest absolute Gasteiger partial charge is 0.468 e. The lowest BCUT2D eigenvalue weighted by Crippen LogP contribution is -2.21. The van der Waals surface area contributed by atoms with Gasteiger partial charge in [0.05, 0.1) is 12.8 Å². The summed E-state index contributed by atoms with van der Waals surface area (Å²) in [4.78, 5) is 2.32. The third kappa shape index (κ3) is 5.69. The van der Waals surface area contributed by atoms with Crippen LogP contribution in [0.5, 0.6) is 0 Å². The van der Waals surface area contributed by atoms with Crippen LogP contribution in [0.2, 0.25) is 0 Å². The first-order valence-electron chi connectivity index (χ1n) is 7.04. The Balaban J connectivity index is 2.19. The Hall–Kier alpha value is -0.800. The molecule has 0 radical (unpaired) electrons. The first-order chi connectivity index (χ1) is 8.63. The minimum atomic E-state index is 0.740. The smallest absolute Gasteiger partial charge is 0.117 e. The Bertz CT molecular complexity index is 295. The number of nitrogens with zero attached hydrogens (tertiary/aromatic N) is 1.